The lowest BCUT2D eigenvalue weighted by Gasteiger charge is -2.12. The third kappa shape index (κ3) is 4.35. The molecule has 0 radical (unpaired) electrons. The maximum absolute atomic E-state index is 11.6. The van der Waals surface area contributed by atoms with Crippen molar-refractivity contribution in [1.29, 1.82) is 0 Å². The molecule has 0 spiro atoms. The van der Waals surface area contributed by atoms with E-state index in [1.54, 1.807) is 13.0 Å². The highest BCUT2D eigenvalue weighted by Crippen LogP contribution is 2.21. The molecule has 3 nitrogen and oxygen atoms in total. The Kier molecular flexibility index (Phi) is 4.99. The molecular formula is C18H20O3. The van der Waals surface area contributed by atoms with Gasteiger partial charge in [0.05, 0.1) is 11.7 Å². The fourth-order valence-electron chi connectivity index (χ4n) is 2.03. The number of hydrogen-bond acceptors (Lipinski definition) is 3. The molecule has 0 saturated heterocycles. The minimum Gasteiger partial charge on any atom is -0.491 e. The second kappa shape index (κ2) is 6.93. The number of ketones is 1. The van der Waals surface area contributed by atoms with Crippen molar-refractivity contribution < 1.29 is 14.3 Å². The zero-order valence-corrected chi connectivity index (χ0v) is 12.6. The average molecular weight is 284 g/mol. The summed E-state index contributed by atoms with van der Waals surface area (Å²) in [5.41, 5.74) is 1.61. The van der Waals surface area contributed by atoms with Gasteiger partial charge in [-0.3, -0.25) is 4.79 Å². The number of carbonyl (C=O) groups is 1. The highest BCUT2D eigenvalue weighted by atomic mass is 16.5. The van der Waals surface area contributed by atoms with Gasteiger partial charge in [-0.05, 0) is 50.6 Å². The summed E-state index contributed by atoms with van der Waals surface area (Å²) in [5.74, 6) is 1.44. The van der Waals surface area contributed by atoms with E-state index in [0.29, 0.717) is 17.9 Å². The first-order chi connectivity index (χ1) is 10.1. The minimum atomic E-state index is 0.00231. The quantitative estimate of drug-likeness (QED) is 0.744. The summed E-state index contributed by atoms with van der Waals surface area (Å²) in [5, 5.41) is 0. The topological polar surface area (TPSA) is 35.5 Å². The van der Waals surface area contributed by atoms with E-state index in [2.05, 4.69) is 0 Å². The summed E-state index contributed by atoms with van der Waals surface area (Å²) in [7, 11) is 0. The zero-order valence-electron chi connectivity index (χ0n) is 12.6. The number of para-hydroxylation sites is 1. The van der Waals surface area contributed by atoms with Crippen LogP contribution in [0.25, 0.3) is 0 Å². The van der Waals surface area contributed by atoms with E-state index in [1.807, 2.05) is 56.3 Å². The molecule has 0 N–H and O–H groups in total. The third-order valence-electron chi connectivity index (χ3n) is 2.93. The molecule has 0 aliphatic rings. The number of rotatable bonds is 6. The van der Waals surface area contributed by atoms with Crippen molar-refractivity contribution in [2.45, 2.75) is 33.5 Å². The molecule has 0 bridgehead atoms. The van der Waals surface area contributed by atoms with Crippen LogP contribution in [0, 0.1) is 0 Å². The van der Waals surface area contributed by atoms with Crippen molar-refractivity contribution in [3.63, 3.8) is 0 Å². The molecule has 0 aliphatic carbocycles. The lowest BCUT2D eigenvalue weighted by Crippen LogP contribution is -2.06. The van der Waals surface area contributed by atoms with Crippen LogP contribution in [-0.2, 0) is 6.61 Å². The second-order valence-corrected chi connectivity index (χ2v) is 5.16. The van der Waals surface area contributed by atoms with Gasteiger partial charge in [-0.15, -0.1) is 0 Å². The van der Waals surface area contributed by atoms with E-state index in [1.165, 1.54) is 0 Å². The van der Waals surface area contributed by atoms with Gasteiger partial charge in [0.1, 0.15) is 18.1 Å². The molecule has 2 aromatic rings. The lowest BCUT2D eigenvalue weighted by molar-refractivity contribution is 0.101. The predicted molar refractivity (Wildman–Crippen MR) is 83.0 cm³/mol. The number of Topliss-reactive ketones (excluding diaryl/α,β-unsaturated/α-hetero) is 1. The molecule has 0 aromatic heterocycles. The highest BCUT2D eigenvalue weighted by molar-refractivity contribution is 5.96. The molecule has 0 amide bonds. The normalized spacial score (nSPS) is 10.5. The first kappa shape index (κ1) is 15.1. The van der Waals surface area contributed by atoms with Gasteiger partial charge in [-0.25, -0.2) is 0 Å². The monoisotopic (exact) mass is 284 g/mol. The van der Waals surface area contributed by atoms with Crippen LogP contribution in [0.2, 0.25) is 0 Å². The number of ether oxygens (including phenoxy) is 2. The van der Waals surface area contributed by atoms with E-state index in [0.717, 1.165) is 11.3 Å². The van der Waals surface area contributed by atoms with Gasteiger partial charge >= 0.3 is 0 Å². The average Bonchev–Trinajstić information content (AvgIpc) is 2.45. The van der Waals surface area contributed by atoms with Gasteiger partial charge in [0.15, 0.2) is 5.78 Å². The fraction of sp³-hybridized carbons (Fsp3) is 0.278. The molecule has 0 fully saturated rings. The summed E-state index contributed by atoms with van der Waals surface area (Å²) < 4.78 is 11.4. The standard InChI is InChI=1S/C18H20O3/c1-13(2)21-16-8-6-7-15(11-16)12-20-18-10-5-4-9-17(18)14(3)19/h4-11,13H,12H2,1-3H3. The first-order valence-corrected chi connectivity index (χ1v) is 7.04. The third-order valence-corrected chi connectivity index (χ3v) is 2.93. The Labute approximate surface area is 125 Å². The largest absolute Gasteiger partial charge is 0.491 e. The SMILES string of the molecule is CC(=O)c1ccccc1OCc1cccc(OC(C)C)c1. The molecule has 110 valence electrons. The number of benzene rings is 2. The maximum atomic E-state index is 11.6. The van der Waals surface area contributed by atoms with E-state index < -0.39 is 0 Å². The Morgan fingerprint density at radius 2 is 1.86 bits per heavy atom. The van der Waals surface area contributed by atoms with Crippen LogP contribution < -0.4 is 9.47 Å². The van der Waals surface area contributed by atoms with Crippen LogP contribution in [0.1, 0.15) is 36.7 Å². The number of hydrogen-bond donors (Lipinski definition) is 0. The fourth-order valence-corrected chi connectivity index (χ4v) is 2.03. The second-order valence-electron chi connectivity index (χ2n) is 5.16. The van der Waals surface area contributed by atoms with E-state index in [9.17, 15) is 4.79 Å². The summed E-state index contributed by atoms with van der Waals surface area (Å²) in [4.78, 5) is 11.6. The Balaban J connectivity index is 2.08. The molecule has 0 unspecified atom stereocenters. The van der Waals surface area contributed by atoms with Gasteiger partial charge in [0.25, 0.3) is 0 Å². The van der Waals surface area contributed by atoms with Crippen LogP contribution in [0.15, 0.2) is 48.5 Å². The zero-order chi connectivity index (χ0) is 15.2. The van der Waals surface area contributed by atoms with Crippen LogP contribution >= 0.6 is 0 Å². The molecule has 0 saturated carbocycles. The number of carbonyl (C=O) groups excluding carboxylic acids is 1. The summed E-state index contributed by atoms with van der Waals surface area (Å²) in [6, 6.07) is 15.1. The van der Waals surface area contributed by atoms with Crippen molar-refractivity contribution in [2.75, 3.05) is 0 Å². The summed E-state index contributed by atoms with van der Waals surface area (Å²) >= 11 is 0. The molecule has 3 heteroatoms. The molecule has 0 atom stereocenters. The molecule has 2 aromatic carbocycles. The lowest BCUT2D eigenvalue weighted by atomic mass is 10.1. The smallest absolute Gasteiger partial charge is 0.163 e. The van der Waals surface area contributed by atoms with E-state index in [-0.39, 0.29) is 11.9 Å². The van der Waals surface area contributed by atoms with Crippen molar-refractivity contribution in [2.24, 2.45) is 0 Å². The Bertz CT molecular complexity index is 617. The Morgan fingerprint density at radius 3 is 2.57 bits per heavy atom. The minimum absolute atomic E-state index is 0.00231. The van der Waals surface area contributed by atoms with Gasteiger partial charge in [-0.1, -0.05) is 24.3 Å². The summed E-state index contributed by atoms with van der Waals surface area (Å²) in [6.45, 7) is 5.93. The van der Waals surface area contributed by atoms with E-state index in [4.69, 9.17) is 9.47 Å². The van der Waals surface area contributed by atoms with Crippen LogP contribution in [0.4, 0.5) is 0 Å². The van der Waals surface area contributed by atoms with Crippen molar-refractivity contribution in [1.82, 2.24) is 0 Å². The van der Waals surface area contributed by atoms with Crippen molar-refractivity contribution in [3.8, 4) is 11.5 Å². The molecule has 21 heavy (non-hydrogen) atoms. The maximum Gasteiger partial charge on any atom is 0.163 e. The van der Waals surface area contributed by atoms with Crippen LogP contribution in [0.5, 0.6) is 11.5 Å². The van der Waals surface area contributed by atoms with Crippen LogP contribution in [-0.4, -0.2) is 11.9 Å². The molecule has 0 heterocycles. The van der Waals surface area contributed by atoms with Gasteiger partial charge in [0, 0.05) is 0 Å². The molecule has 2 rings (SSSR count). The molecule has 0 aliphatic heterocycles. The van der Waals surface area contributed by atoms with Crippen LogP contribution in [0.3, 0.4) is 0 Å². The van der Waals surface area contributed by atoms with E-state index >= 15 is 0 Å². The molecular weight excluding hydrogens is 264 g/mol. The van der Waals surface area contributed by atoms with Crippen molar-refractivity contribution in [3.05, 3.63) is 59.7 Å². The van der Waals surface area contributed by atoms with Gasteiger partial charge in [0.2, 0.25) is 0 Å². The Morgan fingerprint density at radius 1 is 1.10 bits per heavy atom. The predicted octanol–water partition coefficient (Wildman–Crippen LogP) is 4.26. The van der Waals surface area contributed by atoms with Gasteiger partial charge < -0.3 is 9.47 Å². The van der Waals surface area contributed by atoms with Gasteiger partial charge in [-0.2, -0.15) is 0 Å². The Hall–Kier alpha value is -2.29. The summed E-state index contributed by atoms with van der Waals surface area (Å²) in [6.07, 6.45) is 0.139. The first-order valence-electron chi connectivity index (χ1n) is 7.04. The highest BCUT2D eigenvalue weighted by Gasteiger charge is 2.07. The van der Waals surface area contributed by atoms with Crippen molar-refractivity contribution >= 4 is 5.78 Å².